The highest BCUT2D eigenvalue weighted by molar-refractivity contribution is 5.93. The summed E-state index contributed by atoms with van der Waals surface area (Å²) < 4.78 is 10.2. The maximum atomic E-state index is 6.45. The quantitative estimate of drug-likeness (QED) is 0.445. The van der Waals surface area contributed by atoms with Gasteiger partial charge in [0.2, 0.25) is 5.88 Å². The first kappa shape index (κ1) is 21.4. The molecule has 0 amide bonds. The van der Waals surface area contributed by atoms with Crippen LogP contribution < -0.4 is 4.74 Å². The van der Waals surface area contributed by atoms with Crippen molar-refractivity contribution in [3.05, 3.63) is 40.1 Å². The molecule has 0 aromatic carbocycles. The molecule has 1 aliphatic heterocycles. The first-order chi connectivity index (χ1) is 15.7. The predicted molar refractivity (Wildman–Crippen MR) is 129 cm³/mol. The Morgan fingerprint density at radius 3 is 2.61 bits per heavy atom. The molecule has 0 fully saturated rings. The maximum absolute atomic E-state index is 6.45. The van der Waals surface area contributed by atoms with Gasteiger partial charge >= 0.3 is 0 Å². The average molecular weight is 447 g/mol. The molecule has 0 saturated carbocycles. The smallest absolute Gasteiger partial charge is 0.221 e. The highest BCUT2D eigenvalue weighted by Gasteiger charge is 2.23. The van der Waals surface area contributed by atoms with E-state index in [4.69, 9.17) is 14.8 Å². The maximum Gasteiger partial charge on any atom is 0.221 e. The van der Waals surface area contributed by atoms with Gasteiger partial charge in [0.15, 0.2) is 0 Å². The molecular weight excluding hydrogens is 416 g/mol. The summed E-state index contributed by atoms with van der Waals surface area (Å²) in [5.41, 5.74) is 8.60. The lowest BCUT2D eigenvalue weighted by Gasteiger charge is -2.22. The number of pyridine rings is 1. The number of aryl methyl sites for hydroxylation is 4. The molecule has 1 atom stereocenters. The van der Waals surface area contributed by atoms with E-state index in [2.05, 4.69) is 59.3 Å². The van der Waals surface area contributed by atoms with E-state index in [0.29, 0.717) is 0 Å². The van der Waals surface area contributed by atoms with Crippen LogP contribution in [-0.2, 0) is 20.6 Å². The van der Waals surface area contributed by atoms with Gasteiger partial charge in [0.05, 0.1) is 34.0 Å². The first-order valence-electron chi connectivity index (χ1n) is 11.2. The van der Waals surface area contributed by atoms with Gasteiger partial charge in [-0.2, -0.15) is 15.3 Å². The minimum absolute atomic E-state index is 0.0493. The largest absolute Gasteiger partial charge is 0.473 e. The van der Waals surface area contributed by atoms with Crippen molar-refractivity contribution in [1.29, 1.82) is 0 Å². The minimum atomic E-state index is -0.0493. The lowest BCUT2D eigenvalue weighted by molar-refractivity contribution is 0.148. The Morgan fingerprint density at radius 2 is 1.82 bits per heavy atom. The second-order valence-electron chi connectivity index (χ2n) is 9.04. The van der Waals surface area contributed by atoms with E-state index in [1.165, 1.54) is 0 Å². The molecule has 4 aromatic heterocycles. The summed E-state index contributed by atoms with van der Waals surface area (Å²) in [6, 6.07) is 2.08. The highest BCUT2D eigenvalue weighted by atomic mass is 16.5. The molecule has 1 aliphatic rings. The molecule has 0 saturated heterocycles. The Labute approximate surface area is 193 Å². The number of ether oxygens (including phenoxy) is 1. The molecule has 2 bridgehead atoms. The number of likely N-dealkylation sites (N-methyl/N-ethyl adjacent to an activating group) is 1. The lowest BCUT2D eigenvalue weighted by atomic mass is 10.1. The van der Waals surface area contributed by atoms with Crippen molar-refractivity contribution in [2.75, 3.05) is 13.6 Å². The van der Waals surface area contributed by atoms with Gasteiger partial charge in [-0.15, -0.1) is 0 Å². The van der Waals surface area contributed by atoms with E-state index >= 15 is 0 Å². The third-order valence-corrected chi connectivity index (χ3v) is 6.35. The summed E-state index contributed by atoms with van der Waals surface area (Å²) in [6.45, 7) is 9.63. The molecule has 5 heterocycles. The van der Waals surface area contributed by atoms with Gasteiger partial charge in [-0.3, -0.25) is 19.7 Å². The van der Waals surface area contributed by atoms with Crippen LogP contribution in [0.25, 0.3) is 34.3 Å². The van der Waals surface area contributed by atoms with Crippen molar-refractivity contribution >= 4 is 23.1 Å². The molecule has 9 heteroatoms. The van der Waals surface area contributed by atoms with Crippen LogP contribution in [0, 0.1) is 20.8 Å². The third-order valence-electron chi connectivity index (χ3n) is 6.35. The van der Waals surface area contributed by atoms with Crippen molar-refractivity contribution in [3.63, 3.8) is 0 Å². The SMILES string of the molecule is Cc1nn(C)c2c1-c1cc3c([nH]nc3c(C)n1)/C=C/c1c(nn(C)c1C)CN(C)CC(C)O2. The van der Waals surface area contributed by atoms with Crippen LogP contribution in [-0.4, -0.2) is 59.3 Å². The van der Waals surface area contributed by atoms with Crippen molar-refractivity contribution in [1.82, 2.24) is 39.6 Å². The summed E-state index contributed by atoms with van der Waals surface area (Å²) in [5, 5.41) is 18.2. The number of nitrogens with zero attached hydrogens (tertiary/aromatic N) is 7. The van der Waals surface area contributed by atoms with Crippen LogP contribution in [0.15, 0.2) is 6.07 Å². The Bertz CT molecular complexity index is 1390. The van der Waals surface area contributed by atoms with Gasteiger partial charge < -0.3 is 4.74 Å². The number of aromatic amines is 1. The summed E-state index contributed by atoms with van der Waals surface area (Å²) >= 11 is 0. The number of hydrogen-bond acceptors (Lipinski definition) is 6. The molecule has 9 nitrogen and oxygen atoms in total. The average Bonchev–Trinajstić information content (AvgIpc) is 3.35. The standard InChI is InChI=1S/C24H30N8O/c1-13-11-30(5)12-21-17(16(4)31(6)29-21)8-9-19-18-10-20(25-15(3)23(18)27-26-19)22-14(2)28-32(7)24(22)33-13/h8-10,13H,11-12H2,1-7H3,(H,26,27)/b9-8+. The van der Waals surface area contributed by atoms with E-state index in [-0.39, 0.29) is 6.10 Å². The van der Waals surface area contributed by atoms with Crippen LogP contribution >= 0.6 is 0 Å². The van der Waals surface area contributed by atoms with E-state index < -0.39 is 0 Å². The normalized spacial score (nSPS) is 18.0. The molecule has 1 unspecified atom stereocenters. The molecule has 1 N–H and O–H groups in total. The van der Waals surface area contributed by atoms with Crippen LogP contribution in [0.1, 0.15) is 41.0 Å². The summed E-state index contributed by atoms with van der Waals surface area (Å²) in [7, 11) is 5.99. The van der Waals surface area contributed by atoms with E-state index in [1.54, 1.807) is 4.68 Å². The molecule has 172 valence electrons. The number of hydrogen-bond donors (Lipinski definition) is 1. The zero-order valence-corrected chi connectivity index (χ0v) is 20.3. The molecule has 0 aliphatic carbocycles. The Balaban J connectivity index is 1.75. The van der Waals surface area contributed by atoms with Crippen LogP contribution in [0.5, 0.6) is 5.88 Å². The summed E-state index contributed by atoms with van der Waals surface area (Å²) in [4.78, 5) is 7.11. The molecule has 5 rings (SSSR count). The van der Waals surface area contributed by atoms with Crippen molar-refractivity contribution in [2.45, 2.75) is 40.3 Å². The molecule has 0 spiro atoms. The van der Waals surface area contributed by atoms with Gasteiger partial charge in [-0.05, 0) is 53.0 Å². The third kappa shape index (κ3) is 3.62. The van der Waals surface area contributed by atoms with Crippen LogP contribution in [0.3, 0.4) is 0 Å². The van der Waals surface area contributed by atoms with Crippen molar-refractivity contribution in [3.8, 4) is 17.1 Å². The molecular formula is C24H30N8O. The second kappa shape index (κ2) is 7.84. The number of rotatable bonds is 0. The van der Waals surface area contributed by atoms with E-state index in [9.17, 15) is 0 Å². The minimum Gasteiger partial charge on any atom is -0.473 e. The van der Waals surface area contributed by atoms with E-state index in [1.807, 2.05) is 32.6 Å². The summed E-state index contributed by atoms with van der Waals surface area (Å²) in [5.74, 6) is 0.726. The number of aromatic nitrogens is 7. The predicted octanol–water partition coefficient (Wildman–Crippen LogP) is 3.40. The monoisotopic (exact) mass is 446 g/mol. The Kier molecular flexibility index (Phi) is 5.08. The summed E-state index contributed by atoms with van der Waals surface area (Å²) in [6.07, 6.45) is 4.17. The van der Waals surface area contributed by atoms with Crippen LogP contribution in [0.4, 0.5) is 0 Å². The van der Waals surface area contributed by atoms with Gasteiger partial charge in [-0.1, -0.05) is 0 Å². The number of H-pyrrole nitrogens is 1. The van der Waals surface area contributed by atoms with Crippen molar-refractivity contribution < 1.29 is 4.74 Å². The molecule has 4 aromatic rings. The van der Waals surface area contributed by atoms with E-state index in [0.717, 1.165) is 75.2 Å². The fourth-order valence-electron chi connectivity index (χ4n) is 4.69. The van der Waals surface area contributed by atoms with Gasteiger partial charge in [-0.25, -0.2) is 4.68 Å². The number of fused-ring (bicyclic) bond motifs is 4. The molecule has 33 heavy (non-hydrogen) atoms. The number of nitrogens with one attached hydrogen (secondary N) is 1. The van der Waals surface area contributed by atoms with Gasteiger partial charge in [0.25, 0.3) is 0 Å². The Morgan fingerprint density at radius 1 is 1.03 bits per heavy atom. The zero-order chi connectivity index (χ0) is 23.4. The van der Waals surface area contributed by atoms with Crippen molar-refractivity contribution in [2.24, 2.45) is 14.1 Å². The topological polar surface area (TPSA) is 89.7 Å². The first-order valence-corrected chi connectivity index (χ1v) is 11.2. The second-order valence-corrected chi connectivity index (χ2v) is 9.04. The van der Waals surface area contributed by atoms with Gasteiger partial charge in [0.1, 0.15) is 11.6 Å². The molecule has 0 radical (unpaired) electrons. The Hall–Kier alpha value is -3.46. The lowest BCUT2D eigenvalue weighted by Crippen LogP contribution is -2.31. The van der Waals surface area contributed by atoms with Gasteiger partial charge in [0, 0.05) is 43.8 Å². The highest BCUT2D eigenvalue weighted by Crippen LogP contribution is 2.35. The van der Waals surface area contributed by atoms with Crippen LogP contribution in [0.2, 0.25) is 0 Å². The zero-order valence-electron chi connectivity index (χ0n) is 20.3. The fourth-order valence-corrected chi connectivity index (χ4v) is 4.69. The fraction of sp³-hybridized carbons (Fsp3) is 0.417.